The van der Waals surface area contributed by atoms with Crippen molar-refractivity contribution in [2.75, 3.05) is 0 Å². The molecule has 0 amide bonds. The van der Waals surface area contributed by atoms with E-state index in [1.54, 1.807) is 0 Å². The molecule has 0 atom stereocenters. The zero-order valence-electron chi connectivity index (χ0n) is 22.3. The molecule has 0 saturated carbocycles. The molecule has 1 aliphatic rings. The molecule has 1 aliphatic heterocycles. The summed E-state index contributed by atoms with van der Waals surface area (Å²) >= 11 is 0. The monoisotopic (exact) mass is 490 g/mol. The summed E-state index contributed by atoms with van der Waals surface area (Å²) in [5.74, 6) is 0.430. The topological polar surface area (TPSA) is 9.86 Å². The van der Waals surface area contributed by atoms with Gasteiger partial charge in [0.25, 0.3) is 0 Å². The Morgan fingerprint density at radius 3 is 2.03 bits per heavy atom. The minimum atomic E-state index is -0.0657. The lowest BCUT2D eigenvalue weighted by atomic mass is 9.75. The van der Waals surface area contributed by atoms with Crippen molar-refractivity contribution in [2.45, 2.75) is 39.0 Å². The summed E-state index contributed by atoms with van der Waals surface area (Å²) in [5.41, 5.74) is 11.8. The fourth-order valence-corrected chi connectivity index (χ4v) is 7.13. The summed E-state index contributed by atoms with van der Waals surface area (Å²) in [7, 11) is 0. The lowest BCUT2D eigenvalue weighted by molar-refractivity contribution is 0.630. The number of hydrogen-bond acceptors (Lipinski definition) is 0. The fourth-order valence-electron chi connectivity index (χ4n) is 7.13. The van der Waals surface area contributed by atoms with Crippen LogP contribution in [0.3, 0.4) is 0 Å². The number of benzene rings is 5. The highest BCUT2D eigenvalue weighted by atomic mass is 15.0. The number of nitrogens with zero attached hydrogens (tertiary/aromatic N) is 2. The van der Waals surface area contributed by atoms with E-state index in [9.17, 15) is 0 Å². The third kappa shape index (κ3) is 2.58. The van der Waals surface area contributed by atoms with Gasteiger partial charge in [-0.15, -0.1) is 0 Å². The lowest BCUT2D eigenvalue weighted by Gasteiger charge is -2.34. The largest absolute Gasteiger partial charge is 0.309 e. The van der Waals surface area contributed by atoms with Crippen molar-refractivity contribution in [3.05, 3.63) is 120 Å². The molecule has 0 aliphatic carbocycles. The van der Waals surface area contributed by atoms with E-state index in [1.807, 2.05) is 0 Å². The minimum Gasteiger partial charge on any atom is -0.309 e. The number of aromatic nitrogens is 2. The van der Waals surface area contributed by atoms with Gasteiger partial charge in [0, 0.05) is 32.6 Å². The van der Waals surface area contributed by atoms with Crippen LogP contribution in [0.25, 0.3) is 55.0 Å². The van der Waals surface area contributed by atoms with E-state index in [-0.39, 0.29) is 5.41 Å². The second kappa shape index (κ2) is 7.39. The van der Waals surface area contributed by atoms with Crippen LogP contribution in [0.2, 0.25) is 0 Å². The van der Waals surface area contributed by atoms with Crippen molar-refractivity contribution >= 4 is 43.6 Å². The van der Waals surface area contributed by atoms with Crippen molar-refractivity contribution in [1.29, 1.82) is 0 Å². The Balaban J connectivity index is 1.65. The first kappa shape index (κ1) is 21.8. The maximum atomic E-state index is 2.56. The van der Waals surface area contributed by atoms with Crippen LogP contribution in [0.5, 0.6) is 0 Å². The summed E-state index contributed by atoms with van der Waals surface area (Å²) in [5, 5.41) is 5.28. The van der Waals surface area contributed by atoms with E-state index < -0.39 is 0 Å². The number of fused-ring (bicyclic) bond motifs is 9. The SMILES string of the molecule is CC(C)c1ccccc1-n1c2ccccc2c2c1ccc1c3cccc4c3n(c12)-c1ccccc1C4(C)C. The van der Waals surface area contributed by atoms with Gasteiger partial charge in [-0.25, -0.2) is 0 Å². The maximum Gasteiger partial charge on any atom is 0.0641 e. The Labute approximate surface area is 222 Å². The van der Waals surface area contributed by atoms with E-state index in [1.165, 1.54) is 71.7 Å². The zero-order valence-corrected chi connectivity index (χ0v) is 22.3. The quantitative estimate of drug-likeness (QED) is 0.228. The van der Waals surface area contributed by atoms with E-state index in [0.29, 0.717) is 5.92 Å². The highest BCUT2D eigenvalue weighted by molar-refractivity contribution is 6.26. The van der Waals surface area contributed by atoms with Crippen molar-refractivity contribution in [3.63, 3.8) is 0 Å². The van der Waals surface area contributed by atoms with Crippen molar-refractivity contribution in [3.8, 4) is 11.4 Å². The molecule has 0 spiro atoms. The van der Waals surface area contributed by atoms with Gasteiger partial charge in [0.15, 0.2) is 0 Å². The van der Waals surface area contributed by atoms with Crippen LogP contribution in [0, 0.1) is 0 Å². The molecule has 2 heteroatoms. The van der Waals surface area contributed by atoms with E-state index >= 15 is 0 Å². The van der Waals surface area contributed by atoms with E-state index in [2.05, 4.69) is 140 Å². The van der Waals surface area contributed by atoms with Crippen molar-refractivity contribution in [2.24, 2.45) is 0 Å². The lowest BCUT2D eigenvalue weighted by Crippen LogP contribution is -2.26. The molecule has 5 aromatic carbocycles. The first-order chi connectivity index (χ1) is 18.5. The van der Waals surface area contributed by atoms with Gasteiger partial charge in [0.1, 0.15) is 0 Å². The van der Waals surface area contributed by atoms with Crippen molar-refractivity contribution < 1.29 is 0 Å². The number of hydrogen-bond donors (Lipinski definition) is 0. The summed E-state index contributed by atoms with van der Waals surface area (Å²) in [4.78, 5) is 0. The zero-order chi connectivity index (χ0) is 25.8. The Bertz CT molecular complexity index is 2080. The Morgan fingerprint density at radius 2 is 1.18 bits per heavy atom. The smallest absolute Gasteiger partial charge is 0.0641 e. The Hall–Kier alpha value is -4.30. The van der Waals surface area contributed by atoms with Crippen molar-refractivity contribution in [1.82, 2.24) is 9.13 Å². The second-order valence-electron chi connectivity index (χ2n) is 11.6. The first-order valence-corrected chi connectivity index (χ1v) is 13.7. The molecule has 3 heterocycles. The molecule has 2 nitrogen and oxygen atoms in total. The molecule has 0 fully saturated rings. The highest BCUT2D eigenvalue weighted by Crippen LogP contribution is 2.49. The van der Waals surface area contributed by atoms with Crippen LogP contribution in [0.15, 0.2) is 103 Å². The summed E-state index contributed by atoms with van der Waals surface area (Å²) in [6.07, 6.45) is 0. The van der Waals surface area contributed by atoms with Gasteiger partial charge >= 0.3 is 0 Å². The Kier molecular flexibility index (Phi) is 4.23. The van der Waals surface area contributed by atoms with Gasteiger partial charge in [-0.3, -0.25) is 0 Å². The summed E-state index contributed by atoms with van der Waals surface area (Å²) in [6.45, 7) is 9.31. The van der Waals surface area contributed by atoms with Crippen LogP contribution in [-0.2, 0) is 5.41 Å². The van der Waals surface area contributed by atoms with Gasteiger partial charge in [-0.1, -0.05) is 107 Å². The third-order valence-corrected chi connectivity index (χ3v) is 8.88. The molecule has 8 rings (SSSR count). The molecular formula is C36H30N2. The molecular weight excluding hydrogens is 460 g/mol. The average molecular weight is 491 g/mol. The summed E-state index contributed by atoms with van der Waals surface area (Å²) < 4.78 is 5.05. The van der Waals surface area contributed by atoms with Gasteiger partial charge in [-0.2, -0.15) is 0 Å². The maximum absolute atomic E-state index is 2.56. The van der Waals surface area contributed by atoms with Crippen LogP contribution in [0.4, 0.5) is 0 Å². The van der Waals surface area contributed by atoms with E-state index in [0.717, 1.165) is 0 Å². The first-order valence-electron chi connectivity index (χ1n) is 13.7. The molecule has 0 saturated heterocycles. The standard InChI is InChI=1S/C36H30N2/c1-22(2)23-12-5-8-17-29(23)37-30-18-9-6-13-26(30)33-32(37)21-20-25-24-14-11-16-28-34(24)38(35(25)33)31-19-10-7-15-27(31)36(28,3)4/h5-22H,1-4H3. The van der Waals surface area contributed by atoms with Crippen LogP contribution in [-0.4, -0.2) is 9.13 Å². The van der Waals surface area contributed by atoms with Gasteiger partial charge in [0.2, 0.25) is 0 Å². The Morgan fingerprint density at radius 1 is 0.526 bits per heavy atom. The fraction of sp³-hybridized carbons (Fsp3) is 0.167. The molecule has 38 heavy (non-hydrogen) atoms. The third-order valence-electron chi connectivity index (χ3n) is 8.88. The predicted molar refractivity (Wildman–Crippen MR) is 161 cm³/mol. The molecule has 0 bridgehead atoms. The second-order valence-corrected chi connectivity index (χ2v) is 11.6. The van der Waals surface area contributed by atoms with E-state index in [4.69, 9.17) is 0 Å². The van der Waals surface area contributed by atoms with Gasteiger partial charge < -0.3 is 9.13 Å². The number of para-hydroxylation sites is 4. The van der Waals surface area contributed by atoms with Crippen LogP contribution in [0.1, 0.15) is 50.3 Å². The van der Waals surface area contributed by atoms with Crippen LogP contribution < -0.4 is 0 Å². The molecule has 0 radical (unpaired) electrons. The molecule has 7 aromatic rings. The van der Waals surface area contributed by atoms with Gasteiger partial charge in [0.05, 0.1) is 27.8 Å². The average Bonchev–Trinajstić information content (AvgIpc) is 3.45. The molecule has 0 unspecified atom stereocenters. The highest BCUT2D eigenvalue weighted by Gasteiger charge is 2.35. The number of rotatable bonds is 2. The molecule has 0 N–H and O–H groups in total. The normalized spacial score (nSPS) is 14.2. The minimum absolute atomic E-state index is 0.0657. The molecule has 2 aromatic heterocycles. The summed E-state index contributed by atoms with van der Waals surface area (Å²) in [6, 6.07) is 38.4. The van der Waals surface area contributed by atoms with Crippen LogP contribution >= 0.6 is 0 Å². The molecule has 184 valence electrons. The predicted octanol–water partition coefficient (Wildman–Crippen LogP) is 9.64. The van der Waals surface area contributed by atoms with Gasteiger partial charge in [-0.05, 0) is 46.9 Å².